The van der Waals surface area contributed by atoms with Crippen molar-refractivity contribution in [2.45, 2.75) is 38.1 Å². The third-order valence-electron chi connectivity index (χ3n) is 3.73. The predicted molar refractivity (Wildman–Crippen MR) is 68.3 cm³/mol. The monoisotopic (exact) mass is 245 g/mol. The number of nitriles is 1. The minimum atomic E-state index is -0.483. The van der Waals surface area contributed by atoms with Gasteiger partial charge in [0.25, 0.3) is 0 Å². The predicted octanol–water partition coefficient (Wildman–Crippen LogP) is 3.21. The molecule has 0 radical (unpaired) electrons. The van der Waals surface area contributed by atoms with E-state index < -0.39 is 4.92 Å². The lowest BCUT2D eigenvalue weighted by Gasteiger charge is -2.42. The van der Waals surface area contributed by atoms with Gasteiger partial charge in [0.2, 0.25) is 0 Å². The summed E-state index contributed by atoms with van der Waals surface area (Å²) in [6.45, 7) is 2.08. The maximum absolute atomic E-state index is 11.1. The van der Waals surface area contributed by atoms with E-state index >= 15 is 0 Å². The summed E-state index contributed by atoms with van der Waals surface area (Å²) in [6.07, 6.45) is 4.13. The van der Waals surface area contributed by atoms with E-state index in [4.69, 9.17) is 5.26 Å². The van der Waals surface area contributed by atoms with E-state index in [0.717, 1.165) is 25.7 Å². The summed E-state index contributed by atoms with van der Waals surface area (Å²) < 4.78 is 0. The van der Waals surface area contributed by atoms with Crippen LogP contribution in [0.1, 0.15) is 38.2 Å². The van der Waals surface area contributed by atoms with Crippen molar-refractivity contribution in [2.75, 3.05) is 5.32 Å². The van der Waals surface area contributed by atoms with E-state index in [1.165, 1.54) is 6.07 Å². The van der Waals surface area contributed by atoms with Gasteiger partial charge in [0.05, 0.1) is 4.92 Å². The summed E-state index contributed by atoms with van der Waals surface area (Å²) >= 11 is 0. The first-order chi connectivity index (χ1) is 8.62. The molecule has 0 spiro atoms. The van der Waals surface area contributed by atoms with E-state index in [1.54, 1.807) is 12.1 Å². The molecule has 94 valence electrons. The molecule has 0 atom stereocenters. The van der Waals surface area contributed by atoms with Gasteiger partial charge in [-0.3, -0.25) is 10.1 Å². The lowest BCUT2D eigenvalue weighted by molar-refractivity contribution is -0.384. The van der Waals surface area contributed by atoms with Gasteiger partial charge in [0, 0.05) is 5.54 Å². The topological polar surface area (TPSA) is 79.0 Å². The Morgan fingerprint density at radius 1 is 1.56 bits per heavy atom. The Balaban J connectivity index is 2.39. The normalized spacial score (nSPS) is 16.4. The van der Waals surface area contributed by atoms with Crippen molar-refractivity contribution in [2.24, 2.45) is 0 Å². The maximum atomic E-state index is 11.1. The average Bonchev–Trinajstić information content (AvgIpc) is 2.33. The fourth-order valence-corrected chi connectivity index (χ4v) is 2.39. The number of para-hydroxylation sites is 1. The standard InChI is InChI=1S/C13H15N3O2/c1-2-13(7-4-8-13)15-11-6-3-5-10(9-14)12(11)16(17)18/h3,5-6,15H,2,4,7-8H2,1H3. The van der Waals surface area contributed by atoms with E-state index in [-0.39, 0.29) is 16.8 Å². The van der Waals surface area contributed by atoms with Gasteiger partial charge in [0.1, 0.15) is 17.3 Å². The molecular formula is C13H15N3O2. The van der Waals surface area contributed by atoms with Crippen LogP contribution in [-0.2, 0) is 0 Å². The highest BCUT2D eigenvalue weighted by atomic mass is 16.6. The van der Waals surface area contributed by atoms with E-state index in [0.29, 0.717) is 5.69 Å². The minimum absolute atomic E-state index is 0.0289. The van der Waals surface area contributed by atoms with Gasteiger partial charge >= 0.3 is 5.69 Å². The van der Waals surface area contributed by atoms with Crippen LogP contribution in [0.25, 0.3) is 0 Å². The third-order valence-corrected chi connectivity index (χ3v) is 3.73. The number of rotatable bonds is 4. The molecule has 2 rings (SSSR count). The molecule has 1 aromatic rings. The molecule has 18 heavy (non-hydrogen) atoms. The van der Waals surface area contributed by atoms with Gasteiger partial charge in [-0.05, 0) is 37.8 Å². The van der Waals surface area contributed by atoms with E-state index in [2.05, 4.69) is 12.2 Å². The SMILES string of the molecule is CCC1(Nc2cccc(C#N)c2[N+](=O)[O-])CCC1. The summed E-state index contributed by atoms with van der Waals surface area (Å²) in [5.41, 5.74) is 0.426. The quantitative estimate of drug-likeness (QED) is 0.652. The maximum Gasteiger partial charge on any atom is 0.309 e. The van der Waals surface area contributed by atoms with Crippen LogP contribution in [0.5, 0.6) is 0 Å². The van der Waals surface area contributed by atoms with Crippen molar-refractivity contribution < 1.29 is 4.92 Å². The highest BCUT2D eigenvalue weighted by Crippen LogP contribution is 2.40. The molecule has 1 aliphatic carbocycles. The highest BCUT2D eigenvalue weighted by Gasteiger charge is 2.36. The summed E-state index contributed by atoms with van der Waals surface area (Å²) in [5.74, 6) is 0. The largest absolute Gasteiger partial charge is 0.374 e. The van der Waals surface area contributed by atoms with Crippen LogP contribution >= 0.6 is 0 Å². The van der Waals surface area contributed by atoms with Crippen LogP contribution in [0.2, 0.25) is 0 Å². The molecule has 0 aromatic heterocycles. The van der Waals surface area contributed by atoms with Crippen LogP contribution in [0.4, 0.5) is 11.4 Å². The second-order valence-corrected chi connectivity index (χ2v) is 4.68. The Hall–Kier alpha value is -2.09. The first-order valence-corrected chi connectivity index (χ1v) is 6.07. The first kappa shape index (κ1) is 12.4. The van der Waals surface area contributed by atoms with E-state index in [1.807, 2.05) is 6.07 Å². The minimum Gasteiger partial charge on any atom is -0.374 e. The number of hydrogen-bond donors (Lipinski definition) is 1. The van der Waals surface area contributed by atoms with Crippen LogP contribution in [0.3, 0.4) is 0 Å². The smallest absolute Gasteiger partial charge is 0.309 e. The first-order valence-electron chi connectivity index (χ1n) is 6.07. The van der Waals surface area contributed by atoms with Crippen LogP contribution in [0.15, 0.2) is 18.2 Å². The number of nitrogens with one attached hydrogen (secondary N) is 1. The lowest BCUT2D eigenvalue weighted by atomic mass is 9.74. The Bertz CT molecular complexity index is 510. The molecule has 1 saturated carbocycles. The molecule has 1 N–H and O–H groups in total. The van der Waals surface area contributed by atoms with Crippen LogP contribution in [0, 0.1) is 21.4 Å². The zero-order valence-corrected chi connectivity index (χ0v) is 10.3. The molecule has 0 bridgehead atoms. The molecule has 0 saturated heterocycles. The second kappa shape index (κ2) is 4.65. The molecule has 0 amide bonds. The molecule has 5 heteroatoms. The van der Waals surface area contributed by atoms with Gasteiger partial charge in [0.15, 0.2) is 0 Å². The Morgan fingerprint density at radius 3 is 2.72 bits per heavy atom. The molecule has 1 aromatic carbocycles. The Morgan fingerprint density at radius 2 is 2.28 bits per heavy atom. The summed E-state index contributed by atoms with van der Waals surface area (Å²) in [6, 6.07) is 6.70. The Kier molecular flexibility index (Phi) is 3.19. The van der Waals surface area contributed by atoms with Gasteiger partial charge in [-0.1, -0.05) is 13.0 Å². The third kappa shape index (κ3) is 2.02. The summed E-state index contributed by atoms with van der Waals surface area (Å²) in [5, 5.41) is 23.3. The van der Waals surface area contributed by atoms with Gasteiger partial charge in [-0.2, -0.15) is 5.26 Å². The van der Waals surface area contributed by atoms with Crippen molar-refractivity contribution in [3.05, 3.63) is 33.9 Å². The molecule has 0 aliphatic heterocycles. The van der Waals surface area contributed by atoms with Gasteiger partial charge in [-0.15, -0.1) is 0 Å². The zero-order valence-electron chi connectivity index (χ0n) is 10.3. The van der Waals surface area contributed by atoms with Gasteiger partial charge < -0.3 is 5.32 Å². The number of benzene rings is 1. The molecule has 1 fully saturated rings. The number of anilines is 1. The summed E-state index contributed by atoms with van der Waals surface area (Å²) in [4.78, 5) is 10.6. The molecule has 0 heterocycles. The number of nitro groups is 1. The van der Waals surface area contributed by atoms with E-state index in [9.17, 15) is 10.1 Å². The van der Waals surface area contributed by atoms with Crippen molar-refractivity contribution in [1.29, 1.82) is 5.26 Å². The highest BCUT2D eigenvalue weighted by molar-refractivity contribution is 5.69. The average molecular weight is 245 g/mol. The van der Waals surface area contributed by atoms with Gasteiger partial charge in [-0.25, -0.2) is 0 Å². The zero-order chi connectivity index (χ0) is 13.2. The second-order valence-electron chi connectivity index (χ2n) is 4.68. The molecule has 0 unspecified atom stereocenters. The summed E-state index contributed by atoms with van der Waals surface area (Å²) in [7, 11) is 0. The fraction of sp³-hybridized carbons (Fsp3) is 0.462. The number of nitro benzene ring substituents is 1. The van der Waals surface area contributed by atoms with Crippen LogP contribution in [-0.4, -0.2) is 10.5 Å². The molecular weight excluding hydrogens is 230 g/mol. The van der Waals surface area contributed by atoms with Crippen molar-refractivity contribution in [3.63, 3.8) is 0 Å². The van der Waals surface area contributed by atoms with Crippen LogP contribution < -0.4 is 5.32 Å². The number of hydrogen-bond acceptors (Lipinski definition) is 4. The van der Waals surface area contributed by atoms with Crippen molar-refractivity contribution in [1.82, 2.24) is 0 Å². The lowest BCUT2D eigenvalue weighted by Crippen LogP contribution is -2.44. The number of nitrogens with zero attached hydrogens (tertiary/aromatic N) is 2. The fourth-order valence-electron chi connectivity index (χ4n) is 2.39. The molecule has 5 nitrogen and oxygen atoms in total. The van der Waals surface area contributed by atoms with Crippen molar-refractivity contribution >= 4 is 11.4 Å². The van der Waals surface area contributed by atoms with Crippen molar-refractivity contribution in [3.8, 4) is 6.07 Å². The molecule has 1 aliphatic rings. The Labute approximate surface area is 106 Å².